The number of rotatable bonds is 16. The van der Waals surface area contributed by atoms with Crippen molar-refractivity contribution in [1.82, 2.24) is 16.0 Å². The molecule has 0 saturated carbocycles. The van der Waals surface area contributed by atoms with Crippen LogP contribution in [0.5, 0.6) is 0 Å². The molecule has 10 N–H and O–H groups in total. The summed E-state index contributed by atoms with van der Waals surface area (Å²) in [6, 6.07) is -5.02. The van der Waals surface area contributed by atoms with Crippen molar-refractivity contribution in [2.24, 2.45) is 17.2 Å². The molecule has 13 nitrogen and oxygen atoms in total. The predicted molar refractivity (Wildman–Crippen MR) is 120 cm³/mol. The number of nitrogens with two attached hydrogens (primary N) is 3. The zero-order chi connectivity index (χ0) is 24.8. The van der Waals surface area contributed by atoms with E-state index < -0.39 is 66.1 Å². The van der Waals surface area contributed by atoms with Crippen molar-refractivity contribution in [3.63, 3.8) is 0 Å². The maximum atomic E-state index is 12.6. The van der Waals surface area contributed by atoms with E-state index in [1.165, 1.54) is 11.8 Å². The van der Waals surface area contributed by atoms with Gasteiger partial charge in [-0.25, -0.2) is 4.79 Å². The van der Waals surface area contributed by atoms with E-state index in [0.717, 1.165) is 0 Å². The van der Waals surface area contributed by atoms with Crippen LogP contribution in [0.3, 0.4) is 0 Å². The Morgan fingerprint density at radius 3 is 1.88 bits per heavy atom. The van der Waals surface area contributed by atoms with Crippen LogP contribution in [0.2, 0.25) is 0 Å². The first kappa shape index (κ1) is 29.5. The van der Waals surface area contributed by atoms with Gasteiger partial charge in [0.1, 0.15) is 18.1 Å². The summed E-state index contributed by atoms with van der Waals surface area (Å²) in [5.41, 5.74) is 15.8. The van der Waals surface area contributed by atoms with Gasteiger partial charge in [0.2, 0.25) is 29.5 Å². The fourth-order valence-electron chi connectivity index (χ4n) is 2.35. The topological polar surface area (TPSA) is 237 Å². The van der Waals surface area contributed by atoms with Crippen molar-refractivity contribution in [1.29, 1.82) is 0 Å². The van der Waals surface area contributed by atoms with Crippen molar-refractivity contribution in [2.75, 3.05) is 17.8 Å². The predicted octanol–water partition coefficient (Wildman–Crippen LogP) is -3.32. The number of hydrogen-bond acceptors (Lipinski definition) is 9. The van der Waals surface area contributed by atoms with Gasteiger partial charge in [0, 0.05) is 12.2 Å². The summed E-state index contributed by atoms with van der Waals surface area (Å²) in [4.78, 5) is 70.7. The fourth-order valence-corrected chi connectivity index (χ4v) is 3.10. The minimum absolute atomic E-state index is 0.129. The number of carboxylic acid groups (broad SMARTS) is 1. The second kappa shape index (κ2) is 15.3. The van der Waals surface area contributed by atoms with Gasteiger partial charge in [-0.2, -0.15) is 24.4 Å². The first-order chi connectivity index (χ1) is 14.9. The highest BCUT2D eigenvalue weighted by atomic mass is 32.2. The number of primary amides is 2. The number of carbonyl (C=O) groups excluding carboxylic acids is 5. The molecule has 5 amide bonds. The van der Waals surface area contributed by atoms with Crippen LogP contribution in [0.15, 0.2) is 0 Å². The molecule has 0 radical (unpaired) electrons. The molecule has 0 aromatic carbocycles. The molecule has 0 spiro atoms. The van der Waals surface area contributed by atoms with Crippen LogP contribution in [0.25, 0.3) is 0 Å². The Labute approximate surface area is 194 Å². The molecule has 0 saturated heterocycles. The van der Waals surface area contributed by atoms with Crippen LogP contribution >= 0.6 is 24.4 Å². The van der Waals surface area contributed by atoms with Crippen molar-refractivity contribution in [3.8, 4) is 0 Å². The summed E-state index contributed by atoms with van der Waals surface area (Å²) >= 11 is 5.52. The van der Waals surface area contributed by atoms with Crippen LogP contribution < -0.4 is 33.2 Å². The van der Waals surface area contributed by atoms with Crippen molar-refractivity contribution < 1.29 is 33.9 Å². The molecule has 0 aromatic heterocycles. The molecule has 0 rings (SSSR count). The highest BCUT2D eigenvalue weighted by molar-refractivity contribution is 7.98. The summed E-state index contributed by atoms with van der Waals surface area (Å²) in [6.07, 6.45) is 0.999. The molecule has 0 aliphatic heterocycles. The number of hydrogen-bond donors (Lipinski definition) is 8. The second-order valence-electron chi connectivity index (χ2n) is 6.77. The molecule has 4 atom stereocenters. The number of thiol groups is 1. The van der Waals surface area contributed by atoms with Gasteiger partial charge >= 0.3 is 5.97 Å². The van der Waals surface area contributed by atoms with Crippen LogP contribution in [-0.4, -0.2) is 82.5 Å². The summed E-state index contributed by atoms with van der Waals surface area (Å²) < 4.78 is 0. The summed E-state index contributed by atoms with van der Waals surface area (Å²) in [5.74, 6) is -5.11. The average Bonchev–Trinajstić information content (AvgIpc) is 2.71. The molecule has 0 fully saturated rings. The zero-order valence-electron chi connectivity index (χ0n) is 17.5. The zero-order valence-corrected chi connectivity index (χ0v) is 19.2. The third-order valence-electron chi connectivity index (χ3n) is 4.12. The molecule has 15 heteroatoms. The van der Waals surface area contributed by atoms with Gasteiger partial charge in [-0.3, -0.25) is 24.0 Å². The average molecular weight is 495 g/mol. The first-order valence-electron chi connectivity index (χ1n) is 9.48. The first-order valence-corrected chi connectivity index (χ1v) is 11.5. The van der Waals surface area contributed by atoms with E-state index in [9.17, 15) is 28.8 Å². The number of carbonyl (C=O) groups is 6. The minimum Gasteiger partial charge on any atom is -0.480 e. The van der Waals surface area contributed by atoms with Gasteiger partial charge in [-0.15, -0.1) is 0 Å². The summed E-state index contributed by atoms with van der Waals surface area (Å²) in [6.45, 7) is 0. The van der Waals surface area contributed by atoms with E-state index in [2.05, 4.69) is 28.6 Å². The second-order valence-corrected chi connectivity index (χ2v) is 8.12. The Hall–Kier alpha value is -2.52. The Morgan fingerprint density at radius 1 is 0.875 bits per heavy atom. The molecule has 32 heavy (non-hydrogen) atoms. The van der Waals surface area contributed by atoms with Gasteiger partial charge in [-0.05, 0) is 24.9 Å². The Morgan fingerprint density at radius 2 is 1.41 bits per heavy atom. The van der Waals surface area contributed by atoms with Gasteiger partial charge in [0.05, 0.1) is 12.5 Å². The maximum Gasteiger partial charge on any atom is 0.326 e. The van der Waals surface area contributed by atoms with E-state index in [0.29, 0.717) is 12.2 Å². The fraction of sp³-hybridized carbons (Fsp3) is 0.647. The van der Waals surface area contributed by atoms with Gasteiger partial charge in [-0.1, -0.05) is 0 Å². The van der Waals surface area contributed by atoms with Crippen molar-refractivity contribution in [3.05, 3.63) is 0 Å². The van der Waals surface area contributed by atoms with Gasteiger partial charge in [0.15, 0.2) is 0 Å². The quantitative estimate of drug-likeness (QED) is 0.1000. The number of amides is 5. The van der Waals surface area contributed by atoms with Crippen LogP contribution in [0.1, 0.15) is 25.7 Å². The number of aliphatic carboxylic acids is 1. The normalized spacial score (nSPS) is 14.3. The van der Waals surface area contributed by atoms with Crippen molar-refractivity contribution >= 4 is 59.9 Å². The largest absolute Gasteiger partial charge is 0.480 e. The van der Waals surface area contributed by atoms with E-state index in [4.69, 9.17) is 22.3 Å². The molecular formula is C17H30N6O7S2. The van der Waals surface area contributed by atoms with Gasteiger partial charge in [0.25, 0.3) is 0 Å². The molecule has 182 valence electrons. The monoisotopic (exact) mass is 494 g/mol. The molecule has 4 unspecified atom stereocenters. The lowest BCUT2D eigenvalue weighted by Crippen LogP contribution is -2.58. The maximum absolute atomic E-state index is 12.6. The lowest BCUT2D eigenvalue weighted by molar-refractivity contribution is -0.144. The standard InChI is InChI=1S/C17H30N6O7S2/c1-32-5-4-8(18)14(26)23-11(7-31)16(28)21-9(2-3-12(19)24)15(27)22-10(17(29)30)6-13(20)25/h8-11,31H,2-7,18H2,1H3,(H2,19,24)(H2,20,25)(H,21,28)(H,22,27)(H,23,26)(H,29,30). The lowest BCUT2D eigenvalue weighted by atomic mass is 10.1. The lowest BCUT2D eigenvalue weighted by Gasteiger charge is -2.24. The van der Waals surface area contributed by atoms with Crippen LogP contribution in [-0.2, 0) is 28.8 Å². The summed E-state index contributed by atoms with van der Waals surface area (Å²) in [5, 5.41) is 16.0. The van der Waals surface area contributed by atoms with E-state index in [-0.39, 0.29) is 18.6 Å². The molecule has 0 aliphatic carbocycles. The number of nitrogens with one attached hydrogen (secondary N) is 3. The Balaban J connectivity index is 5.31. The van der Waals surface area contributed by atoms with Crippen molar-refractivity contribution in [2.45, 2.75) is 49.9 Å². The van der Waals surface area contributed by atoms with Crippen LogP contribution in [0.4, 0.5) is 0 Å². The third-order valence-corrected chi connectivity index (χ3v) is 5.13. The van der Waals surface area contributed by atoms with Crippen LogP contribution in [0, 0.1) is 0 Å². The molecule has 0 aromatic rings. The molecule has 0 aliphatic rings. The van der Waals surface area contributed by atoms with E-state index in [1.807, 2.05) is 6.26 Å². The molecule has 0 heterocycles. The molecule has 0 bridgehead atoms. The van der Waals surface area contributed by atoms with Gasteiger partial charge < -0.3 is 38.3 Å². The minimum atomic E-state index is -1.64. The number of thioether (sulfide) groups is 1. The summed E-state index contributed by atoms with van der Waals surface area (Å²) in [7, 11) is 0. The highest BCUT2D eigenvalue weighted by Crippen LogP contribution is 2.03. The SMILES string of the molecule is CSCCC(N)C(=O)NC(CS)C(=O)NC(CCC(N)=O)C(=O)NC(CC(N)=O)C(=O)O. The Kier molecular flexibility index (Phi) is 14.1. The van der Waals surface area contributed by atoms with E-state index >= 15 is 0 Å². The molecular weight excluding hydrogens is 464 g/mol. The third kappa shape index (κ3) is 11.8. The Bertz CT molecular complexity index is 709. The smallest absolute Gasteiger partial charge is 0.326 e. The highest BCUT2D eigenvalue weighted by Gasteiger charge is 2.30. The number of carboxylic acids is 1. The van der Waals surface area contributed by atoms with E-state index in [1.54, 1.807) is 0 Å².